The molecule has 184 valence electrons. The summed E-state index contributed by atoms with van der Waals surface area (Å²) in [4.78, 5) is 37.0. The summed E-state index contributed by atoms with van der Waals surface area (Å²) in [5.74, 6) is -0.442. The van der Waals surface area contributed by atoms with Crippen molar-refractivity contribution in [1.29, 1.82) is 0 Å². The first-order valence-corrected chi connectivity index (χ1v) is 12.2. The molecule has 1 aliphatic heterocycles. The number of carboxylic acids is 1. The van der Waals surface area contributed by atoms with Crippen molar-refractivity contribution in [3.8, 4) is 0 Å². The highest BCUT2D eigenvalue weighted by Crippen LogP contribution is 2.32. The summed E-state index contributed by atoms with van der Waals surface area (Å²) in [7, 11) is 0. The van der Waals surface area contributed by atoms with Crippen molar-refractivity contribution in [3.05, 3.63) is 59.2 Å². The molecule has 0 saturated carbocycles. The second kappa shape index (κ2) is 11.5. The molecule has 1 aromatic rings. The zero-order chi connectivity index (χ0) is 24.8. The van der Waals surface area contributed by atoms with Crippen LogP contribution in [0.1, 0.15) is 58.9 Å². The number of hydrogen-bond acceptors (Lipinski definition) is 4. The van der Waals surface area contributed by atoms with Crippen LogP contribution >= 0.6 is 0 Å². The average Bonchev–Trinajstić information content (AvgIpc) is 3.14. The van der Waals surface area contributed by atoms with Crippen LogP contribution in [0.15, 0.2) is 53.6 Å². The maximum absolute atomic E-state index is 12.9. The fourth-order valence-corrected chi connectivity index (χ4v) is 5.22. The van der Waals surface area contributed by atoms with Crippen LogP contribution in [0, 0.1) is 23.7 Å². The van der Waals surface area contributed by atoms with Gasteiger partial charge in [0, 0.05) is 5.92 Å². The molecule has 6 heteroatoms. The fourth-order valence-electron chi connectivity index (χ4n) is 5.22. The van der Waals surface area contributed by atoms with E-state index in [9.17, 15) is 14.4 Å². The highest BCUT2D eigenvalue weighted by molar-refractivity contribution is 5.95. The molecule has 1 fully saturated rings. The molecule has 0 unspecified atom stereocenters. The molecule has 3 aliphatic rings. The number of rotatable bonds is 4. The molecule has 6 nitrogen and oxygen atoms in total. The largest absolute Gasteiger partial charge is 0.481 e. The van der Waals surface area contributed by atoms with E-state index in [-0.39, 0.29) is 36.3 Å². The highest BCUT2D eigenvalue weighted by Gasteiger charge is 2.42. The predicted molar refractivity (Wildman–Crippen MR) is 131 cm³/mol. The summed E-state index contributed by atoms with van der Waals surface area (Å²) >= 11 is 0. The van der Waals surface area contributed by atoms with Crippen molar-refractivity contribution in [3.63, 3.8) is 0 Å². The Bertz CT molecular complexity index is 951. The number of carbonyl (C=O) groups is 3. The molecule has 4 rings (SSSR count). The molecule has 2 aliphatic carbocycles. The molecule has 1 saturated heterocycles. The third-order valence-corrected chi connectivity index (χ3v) is 7.25. The van der Waals surface area contributed by atoms with Crippen molar-refractivity contribution in [2.75, 3.05) is 6.61 Å². The summed E-state index contributed by atoms with van der Waals surface area (Å²) in [5.41, 5.74) is 3.77. The van der Waals surface area contributed by atoms with Crippen molar-refractivity contribution < 1.29 is 24.2 Å². The van der Waals surface area contributed by atoms with E-state index in [4.69, 9.17) is 9.84 Å². The number of cyclic esters (lactones) is 1. The van der Waals surface area contributed by atoms with Crippen LogP contribution in [0.5, 0.6) is 0 Å². The molecule has 5 atom stereocenters. The van der Waals surface area contributed by atoms with Crippen LogP contribution in [0.3, 0.4) is 0 Å². The maximum atomic E-state index is 12.9. The zero-order valence-corrected chi connectivity index (χ0v) is 20.7. The predicted octanol–water partition coefficient (Wildman–Crippen LogP) is 5.63. The molecule has 0 aromatic heterocycles. The van der Waals surface area contributed by atoms with Gasteiger partial charge >= 0.3 is 12.1 Å². The van der Waals surface area contributed by atoms with E-state index in [1.807, 2.05) is 43.3 Å². The SMILES string of the molecule is CC1=CC[C@H](C(=O)N2C(=O)OC[C@@H]2Cc2ccccc2)[C@@H](C)C1.CC1=CC[C@H](C(=O)O)[C@@H](C)C1. The van der Waals surface area contributed by atoms with E-state index in [1.165, 1.54) is 16.0 Å². The van der Waals surface area contributed by atoms with Crippen LogP contribution < -0.4 is 0 Å². The van der Waals surface area contributed by atoms with Crippen molar-refractivity contribution in [1.82, 2.24) is 4.90 Å². The van der Waals surface area contributed by atoms with Crippen LogP contribution in [0.4, 0.5) is 4.79 Å². The molecule has 2 amide bonds. The van der Waals surface area contributed by atoms with Gasteiger partial charge in [0.25, 0.3) is 0 Å². The molecule has 0 radical (unpaired) electrons. The third-order valence-electron chi connectivity index (χ3n) is 7.25. The zero-order valence-electron chi connectivity index (χ0n) is 20.7. The quantitative estimate of drug-likeness (QED) is 0.580. The lowest BCUT2D eigenvalue weighted by molar-refractivity contribution is -0.143. The highest BCUT2D eigenvalue weighted by atomic mass is 16.6. The Balaban J connectivity index is 0.000000248. The number of imide groups is 1. The molecule has 0 bridgehead atoms. The lowest BCUT2D eigenvalue weighted by Crippen LogP contribution is -2.45. The molecule has 1 heterocycles. The molecule has 34 heavy (non-hydrogen) atoms. The number of amides is 2. The Morgan fingerprint density at radius 1 is 0.971 bits per heavy atom. The Morgan fingerprint density at radius 2 is 1.53 bits per heavy atom. The number of allylic oxidation sites excluding steroid dienone is 4. The van der Waals surface area contributed by atoms with Crippen LogP contribution in [-0.4, -0.2) is 40.6 Å². The van der Waals surface area contributed by atoms with Gasteiger partial charge in [-0.25, -0.2) is 9.69 Å². The maximum Gasteiger partial charge on any atom is 0.416 e. The molecule has 1 aromatic carbocycles. The number of benzene rings is 1. The minimum Gasteiger partial charge on any atom is -0.481 e. The van der Waals surface area contributed by atoms with Gasteiger partial charge in [0.15, 0.2) is 0 Å². The van der Waals surface area contributed by atoms with Gasteiger partial charge in [-0.05, 0) is 63.4 Å². The normalized spacial score (nSPS) is 28.8. The van der Waals surface area contributed by atoms with Gasteiger partial charge in [-0.2, -0.15) is 0 Å². The first kappa shape index (κ1) is 25.7. The topological polar surface area (TPSA) is 83.9 Å². The van der Waals surface area contributed by atoms with Crippen molar-refractivity contribution in [2.24, 2.45) is 23.7 Å². The van der Waals surface area contributed by atoms with E-state index in [1.54, 1.807) is 0 Å². The van der Waals surface area contributed by atoms with Gasteiger partial charge < -0.3 is 9.84 Å². The van der Waals surface area contributed by atoms with E-state index < -0.39 is 12.1 Å². The Labute approximate surface area is 202 Å². The number of nitrogens with zero attached hydrogens (tertiary/aromatic N) is 1. The van der Waals surface area contributed by atoms with Gasteiger partial charge in [0.05, 0.1) is 12.0 Å². The van der Waals surface area contributed by atoms with E-state index in [2.05, 4.69) is 26.8 Å². The Hall–Kier alpha value is -2.89. The third kappa shape index (κ3) is 6.37. The number of hydrogen-bond donors (Lipinski definition) is 1. The molecular weight excluding hydrogens is 430 g/mol. The first-order valence-electron chi connectivity index (χ1n) is 12.2. The van der Waals surface area contributed by atoms with E-state index in [0.29, 0.717) is 25.2 Å². The van der Waals surface area contributed by atoms with Crippen LogP contribution in [0.25, 0.3) is 0 Å². The minimum atomic E-state index is -0.652. The molecule has 0 spiro atoms. The standard InChI is InChI=1S/C19H23NO3.C9H14O2/c1-13-8-9-17(14(2)10-13)18(21)20-16(12-23-19(20)22)11-15-6-4-3-5-7-15;1-6-3-4-8(9(10)11)7(2)5-6/h3-8,14,16-17H,9-12H2,1-2H3;3,7-8H,4-5H2,1-2H3,(H,10,11)/t14-,16-,17-;7-,8-/m00/s1. The van der Waals surface area contributed by atoms with Gasteiger partial charge in [0.2, 0.25) is 5.91 Å². The van der Waals surface area contributed by atoms with Crippen molar-refractivity contribution >= 4 is 18.0 Å². The van der Waals surface area contributed by atoms with Gasteiger partial charge in [0.1, 0.15) is 6.61 Å². The summed E-state index contributed by atoms with van der Waals surface area (Å²) < 4.78 is 5.17. The second-order valence-corrected chi connectivity index (χ2v) is 10.1. The summed E-state index contributed by atoms with van der Waals surface area (Å²) in [6.07, 6.45) is 7.60. The fraction of sp³-hybridized carbons (Fsp3) is 0.536. The Morgan fingerprint density at radius 3 is 2.06 bits per heavy atom. The van der Waals surface area contributed by atoms with Gasteiger partial charge in [-0.15, -0.1) is 0 Å². The Kier molecular flexibility index (Phi) is 8.70. The number of aliphatic carboxylic acids is 1. The molecular formula is C28H37NO5. The van der Waals surface area contributed by atoms with E-state index in [0.717, 1.165) is 18.4 Å². The summed E-state index contributed by atoms with van der Waals surface area (Å²) in [5, 5.41) is 8.77. The van der Waals surface area contributed by atoms with Gasteiger partial charge in [-0.1, -0.05) is 67.5 Å². The summed E-state index contributed by atoms with van der Waals surface area (Å²) in [6.45, 7) is 8.55. The smallest absolute Gasteiger partial charge is 0.416 e. The monoisotopic (exact) mass is 467 g/mol. The van der Waals surface area contributed by atoms with Gasteiger partial charge in [-0.3, -0.25) is 9.59 Å². The summed E-state index contributed by atoms with van der Waals surface area (Å²) in [6, 6.07) is 9.73. The number of carboxylic acid groups (broad SMARTS) is 1. The molecule has 1 N–H and O–H groups in total. The minimum absolute atomic E-state index is 0.0790. The van der Waals surface area contributed by atoms with Crippen molar-refractivity contribution in [2.45, 2.75) is 65.8 Å². The lowest BCUT2D eigenvalue weighted by Gasteiger charge is -2.30. The number of ether oxygens (including phenoxy) is 1. The average molecular weight is 468 g/mol. The van der Waals surface area contributed by atoms with Crippen LogP contribution in [0.2, 0.25) is 0 Å². The van der Waals surface area contributed by atoms with Crippen LogP contribution in [-0.2, 0) is 20.7 Å². The second-order valence-electron chi connectivity index (χ2n) is 10.1. The first-order chi connectivity index (χ1) is 16.2. The lowest BCUT2D eigenvalue weighted by atomic mass is 9.80. The van der Waals surface area contributed by atoms with E-state index >= 15 is 0 Å². The number of carbonyl (C=O) groups excluding carboxylic acids is 2.